The molecule has 0 spiro atoms. The summed E-state index contributed by atoms with van der Waals surface area (Å²) in [5.41, 5.74) is 1.23. The number of nitrogens with one attached hydrogen (secondary N) is 1. The zero-order valence-corrected chi connectivity index (χ0v) is 17.2. The van der Waals surface area contributed by atoms with E-state index in [9.17, 15) is 4.79 Å². The van der Waals surface area contributed by atoms with E-state index in [1.807, 2.05) is 12.1 Å². The molecule has 1 aliphatic heterocycles. The van der Waals surface area contributed by atoms with Crippen molar-refractivity contribution in [3.05, 3.63) is 34.3 Å². The van der Waals surface area contributed by atoms with Gasteiger partial charge in [0.15, 0.2) is 0 Å². The number of halogens is 2. The highest BCUT2D eigenvalue weighted by Crippen LogP contribution is 2.24. The van der Waals surface area contributed by atoms with Crippen molar-refractivity contribution in [2.24, 2.45) is 11.8 Å². The maximum absolute atomic E-state index is 12.9. The van der Waals surface area contributed by atoms with Crippen LogP contribution in [-0.4, -0.2) is 37.0 Å². The van der Waals surface area contributed by atoms with E-state index < -0.39 is 0 Å². The quantitative estimate of drug-likeness (QED) is 0.718. The van der Waals surface area contributed by atoms with E-state index in [-0.39, 0.29) is 18.3 Å². The van der Waals surface area contributed by atoms with Gasteiger partial charge in [0.05, 0.1) is 0 Å². The van der Waals surface area contributed by atoms with Gasteiger partial charge >= 0.3 is 0 Å². The number of likely N-dealkylation sites (tertiary alicyclic amines) is 1. The summed E-state index contributed by atoms with van der Waals surface area (Å²) in [6, 6.07) is 8.23. The molecule has 1 N–H and O–H groups in total. The Bertz CT molecular complexity index is 504. The lowest BCUT2D eigenvalue weighted by Crippen LogP contribution is -2.43. The second kappa shape index (κ2) is 11.1. The van der Waals surface area contributed by atoms with Gasteiger partial charge in [0, 0.05) is 23.5 Å². The van der Waals surface area contributed by atoms with Crippen molar-refractivity contribution in [1.82, 2.24) is 10.2 Å². The maximum Gasteiger partial charge on any atom is 0.226 e. The first kappa shape index (κ1) is 21.5. The lowest BCUT2D eigenvalue weighted by atomic mass is 9.92. The van der Waals surface area contributed by atoms with Crippen molar-refractivity contribution < 1.29 is 4.79 Å². The van der Waals surface area contributed by atoms with E-state index in [0.29, 0.717) is 5.91 Å². The molecular formula is C19H30BrClN2O. The number of hydrogen-bond acceptors (Lipinski definition) is 2. The summed E-state index contributed by atoms with van der Waals surface area (Å²) in [7, 11) is 0. The average Bonchev–Trinajstić information content (AvgIpc) is 2.59. The molecule has 24 heavy (non-hydrogen) atoms. The molecule has 136 valence electrons. The largest absolute Gasteiger partial charge is 0.342 e. The van der Waals surface area contributed by atoms with Gasteiger partial charge in [0.25, 0.3) is 0 Å². The smallest absolute Gasteiger partial charge is 0.226 e. The van der Waals surface area contributed by atoms with E-state index in [0.717, 1.165) is 62.3 Å². The molecule has 1 aromatic carbocycles. The van der Waals surface area contributed by atoms with Gasteiger partial charge in [-0.1, -0.05) is 48.0 Å². The molecule has 5 heteroatoms. The Labute approximate surface area is 161 Å². The van der Waals surface area contributed by atoms with Crippen LogP contribution in [-0.2, 0) is 11.2 Å². The molecule has 1 unspecified atom stereocenters. The van der Waals surface area contributed by atoms with Crippen LogP contribution in [0.4, 0.5) is 0 Å². The topological polar surface area (TPSA) is 32.3 Å². The Hall–Kier alpha value is -0.580. The Balaban J connectivity index is 0.00000288. The second-order valence-electron chi connectivity index (χ2n) is 6.48. The standard InChI is InChI=1S/C19H29BrN2O.ClH/c1-3-16(13-17-7-5-6-8-18(17)20)19(23)22-11-9-15(10-12-22)14-21-4-2;/h5-8,15-16,21H,3-4,9-14H2,1-2H3;1H. The minimum atomic E-state index is 0. The van der Waals surface area contributed by atoms with Crippen LogP contribution in [0.3, 0.4) is 0 Å². The van der Waals surface area contributed by atoms with Crippen molar-refractivity contribution in [2.75, 3.05) is 26.2 Å². The SMILES string of the molecule is CCNCC1CCN(C(=O)C(CC)Cc2ccccc2Br)CC1.Cl. The zero-order chi connectivity index (χ0) is 16.7. The summed E-state index contributed by atoms with van der Waals surface area (Å²) in [5, 5.41) is 3.43. The van der Waals surface area contributed by atoms with Gasteiger partial charge in [-0.15, -0.1) is 12.4 Å². The molecule has 3 nitrogen and oxygen atoms in total. The number of hydrogen-bond donors (Lipinski definition) is 1. The van der Waals surface area contributed by atoms with Crippen LogP contribution in [0.5, 0.6) is 0 Å². The van der Waals surface area contributed by atoms with Gasteiger partial charge in [-0.05, 0) is 56.3 Å². The fourth-order valence-corrected chi connectivity index (χ4v) is 3.75. The highest BCUT2D eigenvalue weighted by atomic mass is 79.9. The molecule has 1 amide bonds. The number of nitrogens with zero attached hydrogens (tertiary/aromatic N) is 1. The van der Waals surface area contributed by atoms with Crippen molar-refractivity contribution in [2.45, 2.75) is 39.5 Å². The molecule has 1 fully saturated rings. The molecule has 2 rings (SSSR count). The molecule has 0 bridgehead atoms. The highest BCUT2D eigenvalue weighted by Gasteiger charge is 2.27. The predicted molar refractivity (Wildman–Crippen MR) is 107 cm³/mol. The van der Waals surface area contributed by atoms with Gasteiger partial charge in [0.2, 0.25) is 5.91 Å². The fraction of sp³-hybridized carbons (Fsp3) is 0.632. The Morgan fingerprint density at radius 3 is 2.54 bits per heavy atom. The number of amides is 1. The number of benzene rings is 1. The van der Waals surface area contributed by atoms with Crippen molar-refractivity contribution >= 4 is 34.2 Å². The minimum Gasteiger partial charge on any atom is -0.342 e. The van der Waals surface area contributed by atoms with Crippen LogP contribution in [0.2, 0.25) is 0 Å². The van der Waals surface area contributed by atoms with Crippen molar-refractivity contribution in [1.29, 1.82) is 0 Å². The van der Waals surface area contributed by atoms with Crippen LogP contribution >= 0.6 is 28.3 Å². The van der Waals surface area contributed by atoms with Crippen LogP contribution < -0.4 is 5.32 Å². The molecule has 1 aliphatic rings. The number of piperidine rings is 1. The van der Waals surface area contributed by atoms with Gasteiger partial charge in [-0.25, -0.2) is 0 Å². The summed E-state index contributed by atoms with van der Waals surface area (Å²) in [5.74, 6) is 1.16. The number of carbonyl (C=O) groups is 1. The van der Waals surface area contributed by atoms with Crippen molar-refractivity contribution in [3.63, 3.8) is 0 Å². The predicted octanol–water partition coefficient (Wildman–Crippen LogP) is 4.29. The lowest BCUT2D eigenvalue weighted by molar-refractivity contribution is -0.137. The normalized spacial score (nSPS) is 16.5. The van der Waals surface area contributed by atoms with Gasteiger partial charge in [0.1, 0.15) is 0 Å². The van der Waals surface area contributed by atoms with Crippen molar-refractivity contribution in [3.8, 4) is 0 Å². The first-order valence-electron chi connectivity index (χ1n) is 8.88. The Morgan fingerprint density at radius 1 is 1.29 bits per heavy atom. The third-order valence-corrected chi connectivity index (χ3v) is 5.65. The molecule has 0 aliphatic carbocycles. The fourth-order valence-electron chi connectivity index (χ4n) is 3.30. The summed E-state index contributed by atoms with van der Waals surface area (Å²) in [6.07, 6.45) is 3.99. The lowest BCUT2D eigenvalue weighted by Gasteiger charge is -2.34. The van der Waals surface area contributed by atoms with Gasteiger partial charge in [-0.3, -0.25) is 4.79 Å². The molecule has 1 aromatic rings. The van der Waals surface area contributed by atoms with Gasteiger partial charge < -0.3 is 10.2 Å². The number of rotatable bonds is 7. The molecule has 0 saturated carbocycles. The minimum absolute atomic E-state index is 0. The molecule has 0 aromatic heterocycles. The molecule has 1 saturated heterocycles. The Kier molecular flexibility index (Phi) is 9.94. The van der Waals surface area contributed by atoms with Gasteiger partial charge in [-0.2, -0.15) is 0 Å². The highest BCUT2D eigenvalue weighted by molar-refractivity contribution is 9.10. The van der Waals surface area contributed by atoms with Crippen LogP contribution in [0, 0.1) is 11.8 Å². The Morgan fingerprint density at radius 2 is 1.96 bits per heavy atom. The van der Waals surface area contributed by atoms with E-state index in [2.05, 4.69) is 52.1 Å². The van der Waals surface area contributed by atoms with Crippen LogP contribution in [0.1, 0.15) is 38.7 Å². The zero-order valence-electron chi connectivity index (χ0n) is 14.8. The monoisotopic (exact) mass is 416 g/mol. The third-order valence-electron chi connectivity index (χ3n) is 4.88. The number of carbonyl (C=O) groups excluding carboxylic acids is 1. The maximum atomic E-state index is 12.9. The van der Waals surface area contributed by atoms with Crippen LogP contribution in [0.25, 0.3) is 0 Å². The average molecular weight is 418 g/mol. The first-order valence-corrected chi connectivity index (χ1v) is 9.67. The third kappa shape index (κ3) is 6.05. The molecule has 1 atom stereocenters. The molecule has 0 radical (unpaired) electrons. The van der Waals surface area contributed by atoms with E-state index >= 15 is 0 Å². The van der Waals surface area contributed by atoms with Crippen LogP contribution in [0.15, 0.2) is 28.7 Å². The van der Waals surface area contributed by atoms with E-state index in [1.165, 1.54) is 5.56 Å². The summed E-state index contributed by atoms with van der Waals surface area (Å²) >= 11 is 3.60. The second-order valence-corrected chi connectivity index (χ2v) is 7.33. The van der Waals surface area contributed by atoms with E-state index in [1.54, 1.807) is 0 Å². The molecular weight excluding hydrogens is 388 g/mol. The summed E-state index contributed by atoms with van der Waals surface area (Å²) < 4.78 is 1.11. The molecule has 1 heterocycles. The summed E-state index contributed by atoms with van der Waals surface area (Å²) in [6.45, 7) is 8.22. The first-order chi connectivity index (χ1) is 11.2. The summed E-state index contributed by atoms with van der Waals surface area (Å²) in [4.78, 5) is 15.0. The van der Waals surface area contributed by atoms with E-state index in [4.69, 9.17) is 0 Å².